The third-order valence-corrected chi connectivity index (χ3v) is 2.34. The van der Waals surface area contributed by atoms with Crippen molar-refractivity contribution < 1.29 is 23.5 Å². The Morgan fingerprint density at radius 2 is 2.00 bits per heavy atom. The number of anilines is 1. The average Bonchev–Trinajstić information content (AvgIpc) is 2.79. The van der Waals surface area contributed by atoms with E-state index in [4.69, 9.17) is 5.11 Å². The average molecular weight is 282 g/mol. The summed E-state index contributed by atoms with van der Waals surface area (Å²) < 4.78 is 26.7. The molecule has 1 amide bonds. The SMILES string of the molecule is Cc1nc(C(=O)Nc2cc(C(=O)O)c(F)cc2F)n[nH]1. The van der Waals surface area contributed by atoms with Crippen molar-refractivity contribution in [3.63, 3.8) is 0 Å². The van der Waals surface area contributed by atoms with Crippen molar-refractivity contribution in [1.82, 2.24) is 15.2 Å². The maximum absolute atomic E-state index is 13.5. The van der Waals surface area contributed by atoms with E-state index in [1.165, 1.54) is 0 Å². The molecule has 0 unspecified atom stereocenters. The highest BCUT2D eigenvalue weighted by atomic mass is 19.1. The van der Waals surface area contributed by atoms with E-state index in [0.717, 1.165) is 0 Å². The molecule has 2 rings (SSSR count). The standard InChI is InChI=1S/C11H8F2N4O3/c1-4-14-9(17-16-4)10(18)15-8-2-5(11(19)20)6(12)3-7(8)13/h2-3H,1H3,(H,15,18)(H,19,20)(H,14,16,17). The van der Waals surface area contributed by atoms with Gasteiger partial charge in [0.05, 0.1) is 11.3 Å². The van der Waals surface area contributed by atoms with Crippen molar-refractivity contribution in [2.24, 2.45) is 0 Å². The molecule has 0 aliphatic carbocycles. The van der Waals surface area contributed by atoms with Crippen molar-refractivity contribution in [3.8, 4) is 0 Å². The van der Waals surface area contributed by atoms with Gasteiger partial charge in [-0.2, -0.15) is 0 Å². The van der Waals surface area contributed by atoms with Gasteiger partial charge in [-0.15, -0.1) is 5.10 Å². The lowest BCUT2D eigenvalue weighted by molar-refractivity contribution is 0.0691. The number of aromatic amines is 1. The molecule has 0 saturated carbocycles. The summed E-state index contributed by atoms with van der Waals surface area (Å²) >= 11 is 0. The summed E-state index contributed by atoms with van der Waals surface area (Å²) in [4.78, 5) is 26.1. The van der Waals surface area contributed by atoms with Gasteiger partial charge in [0.1, 0.15) is 17.5 Å². The number of carbonyl (C=O) groups excluding carboxylic acids is 1. The zero-order chi connectivity index (χ0) is 14.9. The van der Waals surface area contributed by atoms with E-state index in [2.05, 4.69) is 20.5 Å². The normalized spacial score (nSPS) is 10.3. The molecule has 104 valence electrons. The minimum atomic E-state index is -1.58. The summed E-state index contributed by atoms with van der Waals surface area (Å²) in [5.74, 6) is -4.64. The van der Waals surface area contributed by atoms with Gasteiger partial charge in [-0.05, 0) is 13.0 Å². The largest absolute Gasteiger partial charge is 0.478 e. The predicted octanol–water partition coefficient (Wildman–Crippen LogP) is 1.34. The number of aromatic carboxylic acids is 1. The van der Waals surface area contributed by atoms with Crippen LogP contribution in [-0.4, -0.2) is 32.2 Å². The number of carboxylic acid groups (broad SMARTS) is 1. The van der Waals surface area contributed by atoms with Crippen molar-refractivity contribution in [2.45, 2.75) is 6.92 Å². The number of hydrogen-bond donors (Lipinski definition) is 3. The fourth-order valence-corrected chi connectivity index (χ4v) is 1.43. The van der Waals surface area contributed by atoms with Gasteiger partial charge in [0, 0.05) is 6.07 Å². The Bertz CT molecular complexity index is 699. The molecule has 0 radical (unpaired) electrons. The molecule has 0 fully saturated rings. The van der Waals surface area contributed by atoms with Crippen LogP contribution in [0.1, 0.15) is 26.8 Å². The quantitative estimate of drug-likeness (QED) is 0.787. The molecule has 9 heteroatoms. The minimum Gasteiger partial charge on any atom is -0.478 e. The smallest absolute Gasteiger partial charge is 0.338 e. The molecule has 1 heterocycles. The third-order valence-electron chi connectivity index (χ3n) is 2.34. The van der Waals surface area contributed by atoms with Crippen LogP contribution in [-0.2, 0) is 0 Å². The third kappa shape index (κ3) is 2.60. The van der Waals surface area contributed by atoms with Gasteiger partial charge in [0.25, 0.3) is 5.91 Å². The highest BCUT2D eigenvalue weighted by Crippen LogP contribution is 2.20. The van der Waals surface area contributed by atoms with Crippen LogP contribution in [0.4, 0.5) is 14.5 Å². The van der Waals surface area contributed by atoms with Gasteiger partial charge in [0.2, 0.25) is 5.82 Å². The number of carbonyl (C=O) groups is 2. The van der Waals surface area contributed by atoms with Crippen LogP contribution in [0, 0.1) is 18.6 Å². The number of nitrogens with zero attached hydrogens (tertiary/aromatic N) is 2. The molecule has 0 aliphatic heterocycles. The molecule has 0 spiro atoms. The first kappa shape index (κ1) is 13.6. The van der Waals surface area contributed by atoms with Gasteiger partial charge in [-0.3, -0.25) is 9.89 Å². The van der Waals surface area contributed by atoms with Crippen molar-refractivity contribution >= 4 is 17.6 Å². The van der Waals surface area contributed by atoms with Crippen LogP contribution in [0.25, 0.3) is 0 Å². The van der Waals surface area contributed by atoms with E-state index in [0.29, 0.717) is 18.0 Å². The summed E-state index contributed by atoms with van der Waals surface area (Å²) in [5.41, 5.74) is -1.23. The molecule has 0 aliphatic rings. The number of halogens is 2. The second-order valence-corrected chi connectivity index (χ2v) is 3.82. The van der Waals surface area contributed by atoms with Gasteiger partial charge in [-0.25, -0.2) is 18.6 Å². The Labute approximate surface area is 110 Å². The van der Waals surface area contributed by atoms with Crippen LogP contribution in [0.3, 0.4) is 0 Å². The molecule has 20 heavy (non-hydrogen) atoms. The number of carboxylic acids is 1. The number of aromatic nitrogens is 3. The number of aryl methyl sites for hydroxylation is 1. The first-order chi connectivity index (χ1) is 9.38. The van der Waals surface area contributed by atoms with E-state index in [1.807, 2.05) is 0 Å². The maximum Gasteiger partial charge on any atom is 0.338 e. The highest BCUT2D eigenvalue weighted by Gasteiger charge is 2.18. The zero-order valence-corrected chi connectivity index (χ0v) is 10.1. The van der Waals surface area contributed by atoms with Crippen molar-refractivity contribution in [2.75, 3.05) is 5.32 Å². The number of benzene rings is 1. The van der Waals surface area contributed by atoms with Gasteiger partial charge >= 0.3 is 5.97 Å². The van der Waals surface area contributed by atoms with Gasteiger partial charge in [0.15, 0.2) is 0 Å². The molecule has 0 atom stereocenters. The summed E-state index contributed by atoms with van der Waals surface area (Å²) in [7, 11) is 0. The maximum atomic E-state index is 13.5. The second kappa shape index (κ2) is 5.03. The monoisotopic (exact) mass is 282 g/mol. The van der Waals surface area contributed by atoms with Crippen LogP contribution in [0.2, 0.25) is 0 Å². The molecule has 0 saturated heterocycles. The predicted molar refractivity (Wildman–Crippen MR) is 62.4 cm³/mol. The lowest BCUT2D eigenvalue weighted by atomic mass is 10.2. The highest BCUT2D eigenvalue weighted by molar-refractivity contribution is 6.02. The zero-order valence-electron chi connectivity index (χ0n) is 10.1. The summed E-state index contributed by atoms with van der Waals surface area (Å²) in [5, 5.41) is 16.8. The van der Waals surface area contributed by atoms with Crippen LogP contribution < -0.4 is 5.32 Å². The lowest BCUT2D eigenvalue weighted by Crippen LogP contribution is -2.16. The van der Waals surface area contributed by atoms with E-state index in [9.17, 15) is 18.4 Å². The number of hydrogen-bond acceptors (Lipinski definition) is 4. The van der Waals surface area contributed by atoms with Crippen molar-refractivity contribution in [3.05, 3.63) is 41.0 Å². The molecule has 7 nitrogen and oxygen atoms in total. The molecule has 3 N–H and O–H groups in total. The van der Waals surface area contributed by atoms with Gasteiger partial charge < -0.3 is 10.4 Å². The number of amides is 1. The lowest BCUT2D eigenvalue weighted by Gasteiger charge is -2.06. The Morgan fingerprint density at radius 1 is 1.30 bits per heavy atom. The van der Waals surface area contributed by atoms with Gasteiger partial charge in [-0.1, -0.05) is 0 Å². The van der Waals surface area contributed by atoms with Crippen LogP contribution >= 0.6 is 0 Å². The number of rotatable bonds is 3. The van der Waals surface area contributed by atoms with Crippen molar-refractivity contribution in [1.29, 1.82) is 0 Å². The van der Waals surface area contributed by atoms with E-state index in [1.54, 1.807) is 6.92 Å². The molecule has 0 bridgehead atoms. The van der Waals surface area contributed by atoms with Crippen LogP contribution in [0.15, 0.2) is 12.1 Å². The number of nitrogens with one attached hydrogen (secondary N) is 2. The molecule has 1 aromatic heterocycles. The summed E-state index contributed by atoms with van der Waals surface area (Å²) in [6, 6.07) is 1.06. The van der Waals surface area contributed by atoms with E-state index in [-0.39, 0.29) is 5.82 Å². The molecular weight excluding hydrogens is 274 g/mol. The molecule has 2 aromatic rings. The topological polar surface area (TPSA) is 108 Å². The first-order valence-electron chi connectivity index (χ1n) is 5.31. The first-order valence-corrected chi connectivity index (χ1v) is 5.31. The minimum absolute atomic E-state index is 0.247. The fourth-order valence-electron chi connectivity index (χ4n) is 1.43. The Balaban J connectivity index is 2.31. The van der Waals surface area contributed by atoms with Crippen LogP contribution in [0.5, 0.6) is 0 Å². The fraction of sp³-hybridized carbons (Fsp3) is 0.0909. The van der Waals surface area contributed by atoms with E-state index >= 15 is 0 Å². The molecule has 1 aromatic carbocycles. The Hall–Kier alpha value is -2.84. The molecular formula is C11H8F2N4O3. The second-order valence-electron chi connectivity index (χ2n) is 3.82. The Kier molecular flexibility index (Phi) is 3.42. The summed E-state index contributed by atoms with van der Waals surface area (Å²) in [6.45, 7) is 1.56. The number of H-pyrrole nitrogens is 1. The Morgan fingerprint density at radius 3 is 2.55 bits per heavy atom. The summed E-state index contributed by atoms with van der Waals surface area (Å²) in [6.07, 6.45) is 0. The van der Waals surface area contributed by atoms with E-state index < -0.39 is 34.8 Å².